The summed E-state index contributed by atoms with van der Waals surface area (Å²) in [7, 11) is 3.96. The summed E-state index contributed by atoms with van der Waals surface area (Å²) in [5, 5.41) is 6.89. The van der Waals surface area contributed by atoms with Gasteiger partial charge in [0.2, 0.25) is 0 Å². The molecule has 8 heteroatoms. The molecule has 1 aromatic rings. The maximum atomic E-state index is 11.8. The highest BCUT2D eigenvalue weighted by Crippen LogP contribution is 2.37. The van der Waals surface area contributed by atoms with E-state index in [1.807, 2.05) is 31.1 Å². The number of amides is 1. The van der Waals surface area contributed by atoms with Crippen LogP contribution < -0.4 is 21.1 Å². The Bertz CT molecular complexity index is 662. The van der Waals surface area contributed by atoms with Gasteiger partial charge in [-0.25, -0.2) is 0 Å². The van der Waals surface area contributed by atoms with Crippen LogP contribution in [0.15, 0.2) is 17.7 Å². The van der Waals surface area contributed by atoms with Crippen LogP contribution in [-0.4, -0.2) is 51.1 Å². The number of anilines is 1. The van der Waals surface area contributed by atoms with Gasteiger partial charge in [-0.2, -0.15) is 0 Å². The Morgan fingerprint density at radius 3 is 2.72 bits per heavy atom. The zero-order valence-electron chi connectivity index (χ0n) is 14.6. The molecule has 4 N–H and O–H groups in total. The van der Waals surface area contributed by atoms with Gasteiger partial charge < -0.3 is 26.0 Å². The zero-order chi connectivity index (χ0) is 16.4. The second-order valence-electron chi connectivity index (χ2n) is 6.27. The Balaban J connectivity index is 0.00000156. The molecule has 0 aromatic heterocycles. The summed E-state index contributed by atoms with van der Waals surface area (Å²) in [4.78, 5) is 13.9. The molecule has 0 spiro atoms. The van der Waals surface area contributed by atoms with E-state index in [4.69, 9.17) is 10.5 Å². The summed E-state index contributed by atoms with van der Waals surface area (Å²) in [5.41, 5.74) is 10.5. The Morgan fingerprint density at radius 1 is 1.28 bits per heavy atom. The largest absolute Gasteiger partial charge is 0.491 e. The van der Waals surface area contributed by atoms with Crippen LogP contribution in [0.25, 0.3) is 5.70 Å². The quantitative estimate of drug-likeness (QED) is 0.719. The highest BCUT2D eigenvalue weighted by atomic mass is 35.5. The number of fused-ring (bicyclic) bond motifs is 2. The van der Waals surface area contributed by atoms with Crippen molar-refractivity contribution >= 4 is 42.1 Å². The van der Waals surface area contributed by atoms with Crippen LogP contribution in [0.3, 0.4) is 0 Å². The van der Waals surface area contributed by atoms with Crippen LogP contribution >= 0.6 is 24.8 Å². The third-order valence-corrected chi connectivity index (χ3v) is 4.25. The molecule has 2 aliphatic rings. The van der Waals surface area contributed by atoms with Crippen LogP contribution in [-0.2, 0) is 0 Å². The minimum Gasteiger partial charge on any atom is -0.491 e. The number of carbonyl (C=O) groups is 1. The van der Waals surface area contributed by atoms with E-state index in [1.54, 1.807) is 0 Å². The number of carbonyl (C=O) groups excluding carboxylic acids is 1. The molecule has 0 saturated carbocycles. The fourth-order valence-corrected chi connectivity index (χ4v) is 3.01. The van der Waals surface area contributed by atoms with Gasteiger partial charge in [0.05, 0.1) is 5.56 Å². The molecule has 0 radical (unpaired) electrons. The average Bonchev–Trinajstić information content (AvgIpc) is 2.53. The topological polar surface area (TPSA) is 79.6 Å². The van der Waals surface area contributed by atoms with Crippen LogP contribution in [0.5, 0.6) is 5.75 Å². The van der Waals surface area contributed by atoms with Gasteiger partial charge in [-0.15, -0.1) is 24.8 Å². The van der Waals surface area contributed by atoms with Crippen molar-refractivity contribution in [2.45, 2.75) is 12.8 Å². The van der Waals surface area contributed by atoms with Gasteiger partial charge in [0.25, 0.3) is 5.91 Å². The van der Waals surface area contributed by atoms with E-state index in [-0.39, 0.29) is 24.8 Å². The van der Waals surface area contributed by atoms with Gasteiger partial charge in [-0.1, -0.05) is 0 Å². The summed E-state index contributed by atoms with van der Waals surface area (Å²) in [6.45, 7) is 3.09. The predicted octanol–water partition coefficient (Wildman–Crippen LogP) is 2.09. The average molecular weight is 389 g/mol. The molecule has 0 aliphatic carbocycles. The molecule has 0 fully saturated rings. The molecule has 0 atom stereocenters. The molecule has 0 bridgehead atoms. The molecule has 140 valence electrons. The first-order valence-corrected chi connectivity index (χ1v) is 8.02. The number of benzene rings is 1. The molecule has 0 saturated heterocycles. The lowest BCUT2D eigenvalue weighted by Crippen LogP contribution is -2.28. The number of rotatable bonds is 5. The predicted molar refractivity (Wildman–Crippen MR) is 106 cm³/mol. The number of hydrogen-bond acceptors (Lipinski definition) is 5. The van der Waals surface area contributed by atoms with Crippen molar-refractivity contribution in [2.24, 2.45) is 5.73 Å². The van der Waals surface area contributed by atoms with E-state index in [0.717, 1.165) is 49.4 Å². The van der Waals surface area contributed by atoms with Gasteiger partial charge in [0, 0.05) is 42.6 Å². The molecule has 6 nitrogen and oxygen atoms in total. The van der Waals surface area contributed by atoms with Crippen LogP contribution in [0.1, 0.15) is 28.8 Å². The lowest BCUT2D eigenvalue weighted by atomic mass is 9.93. The van der Waals surface area contributed by atoms with Crippen molar-refractivity contribution in [1.29, 1.82) is 0 Å². The molecule has 2 aliphatic heterocycles. The number of ether oxygens (including phenoxy) is 1. The minimum absolute atomic E-state index is 0. The highest BCUT2D eigenvalue weighted by Gasteiger charge is 2.24. The SMILES string of the molecule is CN(C)CCOc1cc2c(cc1C(N)=O)C1=C(CCCN1)CN2.Cl.Cl. The van der Waals surface area contributed by atoms with E-state index in [2.05, 4.69) is 10.6 Å². The normalized spacial score (nSPS) is 15.0. The minimum atomic E-state index is -0.462. The third-order valence-electron chi connectivity index (χ3n) is 4.25. The number of halogens is 2. The Hall–Kier alpha value is -1.63. The molecule has 3 rings (SSSR count). The lowest BCUT2D eigenvalue weighted by Gasteiger charge is -2.30. The molecule has 25 heavy (non-hydrogen) atoms. The second-order valence-corrected chi connectivity index (χ2v) is 6.27. The fourth-order valence-electron chi connectivity index (χ4n) is 3.01. The molecular weight excluding hydrogens is 363 g/mol. The summed E-state index contributed by atoms with van der Waals surface area (Å²) in [6, 6.07) is 3.74. The maximum Gasteiger partial charge on any atom is 0.252 e. The molecule has 2 heterocycles. The molecule has 0 unspecified atom stereocenters. The van der Waals surface area contributed by atoms with Gasteiger partial charge in [-0.3, -0.25) is 4.79 Å². The number of nitrogens with two attached hydrogens (primary N) is 1. The van der Waals surface area contributed by atoms with E-state index in [9.17, 15) is 4.79 Å². The Kier molecular flexibility index (Phi) is 7.86. The van der Waals surface area contributed by atoms with Crippen molar-refractivity contribution in [3.63, 3.8) is 0 Å². The Morgan fingerprint density at radius 2 is 2.04 bits per heavy atom. The molecule has 1 aromatic carbocycles. The number of likely N-dealkylation sites (N-methyl/N-ethyl adjacent to an activating group) is 1. The molecule has 1 amide bonds. The number of nitrogens with one attached hydrogen (secondary N) is 2. The maximum absolute atomic E-state index is 11.8. The number of hydrogen-bond donors (Lipinski definition) is 3. The summed E-state index contributed by atoms with van der Waals surface area (Å²) in [6.07, 6.45) is 2.23. The van der Waals surface area contributed by atoms with Crippen molar-refractivity contribution in [3.05, 3.63) is 28.8 Å². The van der Waals surface area contributed by atoms with Gasteiger partial charge in [-0.05, 0) is 38.6 Å². The van der Waals surface area contributed by atoms with Crippen LogP contribution in [0.2, 0.25) is 0 Å². The second kappa shape index (κ2) is 9.17. The van der Waals surface area contributed by atoms with E-state index in [1.165, 1.54) is 5.57 Å². The first-order valence-electron chi connectivity index (χ1n) is 8.02. The monoisotopic (exact) mass is 388 g/mol. The lowest BCUT2D eigenvalue weighted by molar-refractivity contribution is 0.0996. The first kappa shape index (κ1) is 21.4. The van der Waals surface area contributed by atoms with E-state index in [0.29, 0.717) is 17.9 Å². The summed E-state index contributed by atoms with van der Waals surface area (Å²) in [5.74, 6) is 0.0849. The van der Waals surface area contributed by atoms with Crippen LogP contribution in [0, 0.1) is 0 Å². The van der Waals surface area contributed by atoms with Gasteiger partial charge in [0.15, 0.2) is 0 Å². The van der Waals surface area contributed by atoms with Crippen LogP contribution in [0.4, 0.5) is 5.69 Å². The van der Waals surface area contributed by atoms with Crippen molar-refractivity contribution < 1.29 is 9.53 Å². The smallest absolute Gasteiger partial charge is 0.252 e. The highest BCUT2D eigenvalue weighted by molar-refractivity contribution is 5.98. The first-order chi connectivity index (χ1) is 11.1. The standard InChI is InChI=1S/C17H24N4O2.2ClH/c1-21(2)6-7-23-15-9-14-12(8-13(15)17(18)22)16-11(10-20-14)4-3-5-19-16;;/h8-9,19-20H,3-7,10H2,1-2H3,(H2,18,22);2*1H. The number of nitrogens with zero attached hydrogens (tertiary/aromatic N) is 1. The van der Waals surface area contributed by atoms with Gasteiger partial charge in [0.1, 0.15) is 12.4 Å². The Labute approximate surface area is 161 Å². The molecular formula is C17H26Cl2N4O2. The van der Waals surface area contributed by atoms with Crippen molar-refractivity contribution in [1.82, 2.24) is 10.2 Å². The number of primary amides is 1. The van der Waals surface area contributed by atoms with Gasteiger partial charge >= 0.3 is 0 Å². The fraction of sp³-hybridized carbons (Fsp3) is 0.471. The summed E-state index contributed by atoms with van der Waals surface area (Å²) < 4.78 is 5.79. The van der Waals surface area contributed by atoms with E-state index < -0.39 is 5.91 Å². The summed E-state index contributed by atoms with van der Waals surface area (Å²) >= 11 is 0. The zero-order valence-corrected chi connectivity index (χ0v) is 16.2. The third kappa shape index (κ3) is 4.71. The van der Waals surface area contributed by atoms with E-state index >= 15 is 0 Å². The van der Waals surface area contributed by atoms with Crippen molar-refractivity contribution in [3.8, 4) is 5.75 Å². The van der Waals surface area contributed by atoms with Crippen molar-refractivity contribution in [2.75, 3.05) is 45.7 Å².